The van der Waals surface area contributed by atoms with Gasteiger partial charge in [-0.25, -0.2) is 4.79 Å². The minimum Gasteiger partial charge on any atom is -0.479 e. The maximum absolute atomic E-state index is 12.7. The average Bonchev–Trinajstić information content (AvgIpc) is 3.52. The standard InChI is InChI=1S/C20H32O13/c1-8-9(23)3-19(16(27)28,33-13(8)12(25)10(24)4-21)15-18-6-20(18,31-7-30-15)17(29-2)32-11(5-22)14(18)26/h8-15,17,21-26H,3-7H2,1-2H3,(H,27,28)/t8-,9-,10?,11?,12?,13?,14?,15?,17?,18-,19+,20?/m1/s1. The molecule has 190 valence electrons. The van der Waals surface area contributed by atoms with E-state index in [1.807, 2.05) is 0 Å². The molecule has 4 fully saturated rings. The van der Waals surface area contributed by atoms with Crippen molar-refractivity contribution < 1.29 is 64.2 Å². The van der Waals surface area contributed by atoms with Crippen molar-refractivity contribution in [3.63, 3.8) is 0 Å². The van der Waals surface area contributed by atoms with Crippen LogP contribution in [-0.2, 0) is 28.5 Å². The Morgan fingerprint density at radius 3 is 2.52 bits per heavy atom. The highest BCUT2D eigenvalue weighted by molar-refractivity contribution is 5.79. The van der Waals surface area contributed by atoms with Gasteiger partial charge in [0.25, 0.3) is 0 Å². The van der Waals surface area contributed by atoms with Gasteiger partial charge < -0.3 is 59.4 Å². The number of carbonyl (C=O) groups is 1. The second-order valence-corrected chi connectivity index (χ2v) is 9.43. The molecular weight excluding hydrogens is 448 g/mol. The van der Waals surface area contributed by atoms with Crippen molar-refractivity contribution in [3.05, 3.63) is 0 Å². The van der Waals surface area contributed by atoms with Crippen LogP contribution >= 0.6 is 0 Å². The smallest absolute Gasteiger partial charge is 0.338 e. The molecule has 13 nitrogen and oxygen atoms in total. The highest BCUT2D eigenvalue weighted by Crippen LogP contribution is 2.72. The lowest BCUT2D eigenvalue weighted by molar-refractivity contribution is -0.371. The van der Waals surface area contributed by atoms with E-state index < -0.39 is 97.2 Å². The number of methoxy groups -OCH3 is 1. The quantitative estimate of drug-likeness (QED) is 0.189. The summed E-state index contributed by atoms with van der Waals surface area (Å²) in [7, 11) is 1.35. The lowest BCUT2D eigenvalue weighted by atomic mass is 9.70. The lowest BCUT2D eigenvalue weighted by Crippen LogP contribution is -2.72. The molecule has 0 radical (unpaired) electrons. The zero-order chi connectivity index (χ0) is 24.3. The molecule has 0 aromatic carbocycles. The molecule has 13 heteroatoms. The topological polar surface area (TPSA) is 205 Å². The summed E-state index contributed by atoms with van der Waals surface area (Å²) in [6.45, 7) is -0.266. The fourth-order valence-electron chi connectivity index (χ4n) is 5.98. The summed E-state index contributed by atoms with van der Waals surface area (Å²) < 4.78 is 28.5. The normalized spacial score (nSPS) is 51.2. The van der Waals surface area contributed by atoms with Crippen LogP contribution in [0.4, 0.5) is 0 Å². The van der Waals surface area contributed by atoms with E-state index in [2.05, 4.69) is 0 Å². The molecule has 8 unspecified atom stereocenters. The molecule has 0 bridgehead atoms. The molecule has 12 atom stereocenters. The first-order valence-corrected chi connectivity index (χ1v) is 10.8. The number of aliphatic hydroxyl groups excluding tert-OH is 6. The second-order valence-electron chi connectivity index (χ2n) is 9.43. The molecule has 0 amide bonds. The Balaban J connectivity index is 1.78. The van der Waals surface area contributed by atoms with E-state index >= 15 is 0 Å². The molecule has 0 aromatic heterocycles. The third-order valence-electron chi connectivity index (χ3n) is 7.88. The molecule has 3 aliphatic heterocycles. The fourth-order valence-corrected chi connectivity index (χ4v) is 5.98. The maximum Gasteiger partial charge on any atom is 0.338 e. The van der Waals surface area contributed by atoms with Gasteiger partial charge >= 0.3 is 5.97 Å². The molecule has 3 saturated heterocycles. The van der Waals surface area contributed by atoms with Gasteiger partial charge in [-0.15, -0.1) is 0 Å². The molecule has 3 heterocycles. The van der Waals surface area contributed by atoms with Crippen molar-refractivity contribution in [2.75, 3.05) is 27.1 Å². The Kier molecular flexibility index (Phi) is 6.55. The molecule has 0 aromatic rings. The van der Waals surface area contributed by atoms with E-state index in [1.54, 1.807) is 0 Å². The maximum atomic E-state index is 12.7. The zero-order valence-electron chi connectivity index (χ0n) is 18.3. The molecule has 1 aliphatic carbocycles. The van der Waals surface area contributed by atoms with Crippen LogP contribution in [0.3, 0.4) is 0 Å². The van der Waals surface area contributed by atoms with Crippen LogP contribution in [-0.4, -0.2) is 129 Å². The van der Waals surface area contributed by atoms with Crippen LogP contribution in [0.15, 0.2) is 0 Å². The highest BCUT2D eigenvalue weighted by Gasteiger charge is 2.87. The van der Waals surface area contributed by atoms with Crippen molar-refractivity contribution in [1.82, 2.24) is 0 Å². The summed E-state index contributed by atoms with van der Waals surface area (Å²) in [5, 5.41) is 71.8. The second kappa shape index (κ2) is 8.60. The van der Waals surface area contributed by atoms with E-state index in [-0.39, 0.29) is 13.2 Å². The number of carboxylic acids is 1. The van der Waals surface area contributed by atoms with E-state index in [4.69, 9.17) is 23.7 Å². The summed E-state index contributed by atoms with van der Waals surface area (Å²) in [5.74, 6) is -2.31. The van der Waals surface area contributed by atoms with E-state index in [9.17, 15) is 40.5 Å². The highest BCUT2D eigenvalue weighted by atomic mass is 16.8. The minimum atomic E-state index is -2.27. The molecule has 4 rings (SSSR count). The molecular formula is C20H32O13. The van der Waals surface area contributed by atoms with Gasteiger partial charge in [0.1, 0.15) is 36.8 Å². The number of aliphatic hydroxyl groups is 6. The van der Waals surface area contributed by atoms with Gasteiger partial charge in [-0.3, -0.25) is 0 Å². The van der Waals surface area contributed by atoms with E-state index in [0.29, 0.717) is 0 Å². The number of carboxylic acid groups (broad SMARTS) is 1. The predicted molar refractivity (Wildman–Crippen MR) is 103 cm³/mol. The van der Waals surface area contributed by atoms with Crippen molar-refractivity contribution in [2.24, 2.45) is 11.3 Å². The summed E-state index contributed by atoms with van der Waals surface area (Å²) in [4.78, 5) is 12.7. The van der Waals surface area contributed by atoms with Gasteiger partial charge in [-0.1, -0.05) is 6.92 Å². The van der Waals surface area contributed by atoms with Gasteiger partial charge in [0.2, 0.25) is 0 Å². The van der Waals surface area contributed by atoms with E-state index in [1.165, 1.54) is 14.0 Å². The Hall–Kier alpha value is -0.970. The first kappa shape index (κ1) is 25.1. The number of aliphatic carboxylic acids is 1. The average molecular weight is 480 g/mol. The lowest BCUT2D eigenvalue weighted by Gasteiger charge is -2.55. The number of rotatable bonds is 7. The largest absolute Gasteiger partial charge is 0.479 e. The molecule has 4 aliphatic rings. The van der Waals surface area contributed by atoms with Crippen molar-refractivity contribution in [3.8, 4) is 0 Å². The van der Waals surface area contributed by atoms with Crippen molar-refractivity contribution in [1.29, 1.82) is 0 Å². The van der Waals surface area contributed by atoms with Crippen LogP contribution in [0.2, 0.25) is 0 Å². The minimum absolute atomic E-state index is 0.0668. The molecule has 1 saturated carbocycles. The SMILES string of the molecule is COC1OC(CO)C(O)[C@@]23CC12OCOC3[C@]1(C(=O)O)C[C@@H](O)[C@@H](C)C(C(O)C(O)CO)O1. The van der Waals surface area contributed by atoms with Gasteiger partial charge in [0, 0.05) is 19.4 Å². The Labute approximate surface area is 189 Å². The zero-order valence-corrected chi connectivity index (χ0v) is 18.3. The van der Waals surface area contributed by atoms with Gasteiger partial charge in [0.15, 0.2) is 11.9 Å². The monoisotopic (exact) mass is 480 g/mol. The Morgan fingerprint density at radius 1 is 1.24 bits per heavy atom. The van der Waals surface area contributed by atoms with Crippen LogP contribution in [0.5, 0.6) is 0 Å². The first-order chi connectivity index (χ1) is 15.6. The Morgan fingerprint density at radius 2 is 1.94 bits per heavy atom. The molecule has 33 heavy (non-hydrogen) atoms. The first-order valence-electron chi connectivity index (χ1n) is 10.8. The van der Waals surface area contributed by atoms with Gasteiger partial charge in [-0.2, -0.15) is 0 Å². The van der Waals surface area contributed by atoms with Crippen LogP contribution in [0.1, 0.15) is 19.8 Å². The van der Waals surface area contributed by atoms with Crippen LogP contribution in [0.25, 0.3) is 0 Å². The Bertz CT molecular complexity index is 751. The van der Waals surface area contributed by atoms with Gasteiger partial charge in [-0.05, 0) is 6.42 Å². The van der Waals surface area contributed by atoms with Crippen LogP contribution < -0.4 is 0 Å². The summed E-state index contributed by atoms with van der Waals surface area (Å²) in [6, 6.07) is 0. The molecule has 0 spiro atoms. The number of hydrogen-bond donors (Lipinski definition) is 7. The van der Waals surface area contributed by atoms with Crippen molar-refractivity contribution >= 4 is 5.97 Å². The summed E-state index contributed by atoms with van der Waals surface area (Å²) in [5.41, 5.74) is -4.98. The summed E-state index contributed by atoms with van der Waals surface area (Å²) in [6.07, 6.45) is -11.4. The molecule has 7 N–H and O–H groups in total. The van der Waals surface area contributed by atoms with Crippen LogP contribution in [0, 0.1) is 11.3 Å². The third kappa shape index (κ3) is 3.30. The summed E-state index contributed by atoms with van der Waals surface area (Å²) >= 11 is 0. The predicted octanol–water partition coefficient (Wildman–Crippen LogP) is -3.46. The number of hydrogen-bond acceptors (Lipinski definition) is 12. The fraction of sp³-hybridized carbons (Fsp3) is 0.950. The third-order valence-corrected chi connectivity index (χ3v) is 7.88. The van der Waals surface area contributed by atoms with Crippen molar-refractivity contribution in [2.45, 2.75) is 80.0 Å². The van der Waals surface area contributed by atoms with Gasteiger partial charge in [0.05, 0.1) is 36.9 Å². The number of ether oxygens (including phenoxy) is 5. The van der Waals surface area contributed by atoms with E-state index in [0.717, 1.165) is 0 Å².